The molecule has 4 nitrogen and oxygen atoms in total. The van der Waals surface area contributed by atoms with Crippen LogP contribution in [0.1, 0.15) is 17.0 Å². The summed E-state index contributed by atoms with van der Waals surface area (Å²) >= 11 is 3.05. The Balaban J connectivity index is 1.82. The maximum Gasteiger partial charge on any atom is 0.203 e. The van der Waals surface area contributed by atoms with Crippen molar-refractivity contribution in [1.82, 2.24) is 9.36 Å². The van der Waals surface area contributed by atoms with Gasteiger partial charge >= 0.3 is 0 Å². The van der Waals surface area contributed by atoms with E-state index in [-0.39, 0.29) is 0 Å². The first-order chi connectivity index (χ1) is 10.2. The number of anilines is 1. The zero-order chi connectivity index (χ0) is 14.7. The first-order valence-corrected chi connectivity index (χ1v) is 8.11. The molecule has 0 aliphatic rings. The minimum Gasteiger partial charge on any atom is -0.253 e. The topological polar surface area (TPSA) is 50.2 Å². The summed E-state index contributed by atoms with van der Waals surface area (Å²) in [4.78, 5) is 5.46. The summed E-state index contributed by atoms with van der Waals surface area (Å²) in [6.45, 7) is 3.97. The number of rotatable bonds is 4. The molecule has 1 aromatic carbocycles. The fourth-order valence-electron chi connectivity index (χ4n) is 1.89. The molecule has 2 heterocycles. The van der Waals surface area contributed by atoms with Gasteiger partial charge in [-0.1, -0.05) is 24.3 Å². The van der Waals surface area contributed by atoms with E-state index in [1.54, 1.807) is 11.3 Å². The van der Waals surface area contributed by atoms with Gasteiger partial charge in [0.1, 0.15) is 0 Å². The van der Waals surface area contributed by atoms with Crippen LogP contribution in [-0.4, -0.2) is 15.6 Å². The molecule has 0 atom stereocenters. The number of benzene rings is 1. The van der Waals surface area contributed by atoms with Crippen LogP contribution in [0, 0.1) is 13.8 Å². The van der Waals surface area contributed by atoms with Crippen molar-refractivity contribution < 1.29 is 0 Å². The van der Waals surface area contributed by atoms with Gasteiger partial charge in [0.15, 0.2) is 0 Å². The van der Waals surface area contributed by atoms with Gasteiger partial charge in [-0.05, 0) is 31.4 Å². The van der Waals surface area contributed by atoms with Gasteiger partial charge in [-0.15, -0.1) is 11.3 Å². The molecule has 0 saturated heterocycles. The molecule has 106 valence electrons. The van der Waals surface area contributed by atoms with E-state index in [4.69, 9.17) is 0 Å². The zero-order valence-corrected chi connectivity index (χ0v) is 13.3. The van der Waals surface area contributed by atoms with Crippen LogP contribution in [0.4, 0.5) is 5.13 Å². The van der Waals surface area contributed by atoms with Crippen LogP contribution in [0.2, 0.25) is 0 Å². The van der Waals surface area contributed by atoms with E-state index in [0.717, 1.165) is 32.5 Å². The molecule has 0 unspecified atom stereocenters. The largest absolute Gasteiger partial charge is 0.253 e. The summed E-state index contributed by atoms with van der Waals surface area (Å²) < 4.78 is 4.34. The van der Waals surface area contributed by atoms with E-state index >= 15 is 0 Å². The van der Waals surface area contributed by atoms with Gasteiger partial charge in [0.05, 0.1) is 22.5 Å². The fourth-order valence-corrected chi connectivity index (χ4v) is 3.33. The molecule has 0 fully saturated rings. The molecule has 21 heavy (non-hydrogen) atoms. The molecule has 3 aromatic rings. The van der Waals surface area contributed by atoms with Crippen molar-refractivity contribution in [2.75, 3.05) is 5.43 Å². The van der Waals surface area contributed by atoms with E-state index in [1.165, 1.54) is 11.5 Å². The Labute approximate surface area is 131 Å². The van der Waals surface area contributed by atoms with E-state index in [0.29, 0.717) is 0 Å². The Morgan fingerprint density at radius 1 is 1.19 bits per heavy atom. The van der Waals surface area contributed by atoms with E-state index in [2.05, 4.69) is 32.0 Å². The molecule has 0 spiro atoms. The van der Waals surface area contributed by atoms with Gasteiger partial charge in [0.25, 0.3) is 0 Å². The highest BCUT2D eigenvalue weighted by Gasteiger charge is 2.06. The summed E-state index contributed by atoms with van der Waals surface area (Å²) in [6, 6.07) is 10.3. The Morgan fingerprint density at radius 3 is 2.76 bits per heavy atom. The third-order valence-corrected chi connectivity index (χ3v) is 4.62. The van der Waals surface area contributed by atoms with E-state index in [9.17, 15) is 0 Å². The third kappa shape index (κ3) is 3.34. The molecule has 0 amide bonds. The molecule has 0 aliphatic carbocycles. The molecule has 6 heteroatoms. The number of aromatic nitrogens is 2. The summed E-state index contributed by atoms with van der Waals surface area (Å²) in [7, 11) is 0. The Bertz CT molecular complexity index is 773. The van der Waals surface area contributed by atoms with Gasteiger partial charge < -0.3 is 0 Å². The van der Waals surface area contributed by atoms with Crippen LogP contribution in [0.5, 0.6) is 0 Å². The van der Waals surface area contributed by atoms with Crippen molar-refractivity contribution in [3.05, 3.63) is 52.7 Å². The van der Waals surface area contributed by atoms with Crippen molar-refractivity contribution in [3.8, 4) is 10.4 Å². The van der Waals surface area contributed by atoms with Gasteiger partial charge in [-0.25, -0.2) is 4.98 Å². The number of thiazole rings is 1. The van der Waals surface area contributed by atoms with Crippen LogP contribution < -0.4 is 5.43 Å². The number of hydrogen-bond acceptors (Lipinski definition) is 6. The van der Waals surface area contributed by atoms with E-state index < -0.39 is 0 Å². The maximum absolute atomic E-state index is 4.34. The number of aryl methyl sites for hydroxylation is 2. The van der Waals surface area contributed by atoms with Crippen molar-refractivity contribution in [2.24, 2.45) is 5.10 Å². The minimum absolute atomic E-state index is 0.801. The second kappa shape index (κ2) is 6.15. The third-order valence-electron chi connectivity index (χ3n) is 2.84. The normalized spacial score (nSPS) is 11.1. The first-order valence-electron chi connectivity index (χ1n) is 6.46. The second-order valence-corrected chi connectivity index (χ2v) is 6.25. The predicted molar refractivity (Wildman–Crippen MR) is 90.4 cm³/mol. The van der Waals surface area contributed by atoms with Crippen LogP contribution >= 0.6 is 22.9 Å². The van der Waals surface area contributed by atoms with E-state index in [1.807, 2.05) is 43.6 Å². The lowest BCUT2D eigenvalue weighted by atomic mass is 10.1. The van der Waals surface area contributed by atoms with Gasteiger partial charge in [0.2, 0.25) is 5.13 Å². The number of nitrogens with one attached hydrogen (secondary N) is 1. The Hall–Kier alpha value is -2.05. The molecule has 2 aromatic heterocycles. The molecule has 0 saturated carbocycles. The first kappa shape index (κ1) is 13.9. The number of hydrogen-bond donors (Lipinski definition) is 1. The highest BCUT2D eigenvalue weighted by molar-refractivity contribution is 7.13. The fraction of sp³-hybridized carbons (Fsp3) is 0.133. The highest BCUT2D eigenvalue weighted by atomic mass is 32.1. The zero-order valence-electron chi connectivity index (χ0n) is 11.7. The predicted octanol–water partition coefficient (Wildman–Crippen LogP) is 4.33. The van der Waals surface area contributed by atoms with Crippen LogP contribution in [0.25, 0.3) is 10.4 Å². The highest BCUT2D eigenvalue weighted by Crippen LogP contribution is 2.27. The molecular weight excluding hydrogens is 300 g/mol. The maximum atomic E-state index is 4.34. The lowest BCUT2D eigenvalue weighted by Crippen LogP contribution is -1.92. The van der Waals surface area contributed by atoms with Crippen molar-refractivity contribution in [2.45, 2.75) is 13.8 Å². The monoisotopic (exact) mass is 314 g/mol. The summed E-state index contributed by atoms with van der Waals surface area (Å²) in [5.74, 6) is 0. The lowest BCUT2D eigenvalue weighted by molar-refractivity contribution is 1.22. The second-order valence-electron chi connectivity index (χ2n) is 4.58. The SMILES string of the molecule is Cc1cc(-c2ccccc2C=NNc2nc(C)cs2)sn1. The van der Waals surface area contributed by atoms with Crippen LogP contribution in [0.3, 0.4) is 0 Å². The van der Waals surface area contributed by atoms with Gasteiger partial charge in [0, 0.05) is 16.5 Å². The summed E-state index contributed by atoms with van der Waals surface area (Å²) in [6.07, 6.45) is 1.82. The van der Waals surface area contributed by atoms with Gasteiger partial charge in [-0.2, -0.15) is 9.47 Å². The lowest BCUT2D eigenvalue weighted by Gasteiger charge is -2.02. The Morgan fingerprint density at radius 2 is 2.05 bits per heavy atom. The van der Waals surface area contributed by atoms with Crippen molar-refractivity contribution in [3.63, 3.8) is 0 Å². The summed E-state index contributed by atoms with van der Waals surface area (Å²) in [5, 5.41) is 7.07. The van der Waals surface area contributed by atoms with Crippen molar-refractivity contribution >= 4 is 34.2 Å². The Kier molecular flexibility index (Phi) is 4.08. The number of nitrogens with zero attached hydrogens (tertiary/aromatic N) is 3. The standard InChI is InChI=1S/C15H14N4S2/c1-10-7-14(21-19-10)13-6-4-3-5-12(13)8-16-18-15-17-11(2)9-20-15/h3-9H,1-2H3,(H,17,18). The molecule has 0 radical (unpaired) electrons. The average molecular weight is 314 g/mol. The van der Waals surface area contributed by atoms with Crippen molar-refractivity contribution in [1.29, 1.82) is 0 Å². The molecule has 0 aliphatic heterocycles. The smallest absolute Gasteiger partial charge is 0.203 e. The van der Waals surface area contributed by atoms with Crippen LogP contribution in [0.15, 0.2) is 40.8 Å². The molecule has 1 N–H and O–H groups in total. The molecular formula is C15H14N4S2. The quantitative estimate of drug-likeness (QED) is 0.576. The summed E-state index contributed by atoms with van der Waals surface area (Å²) in [5.41, 5.74) is 7.20. The minimum atomic E-state index is 0.801. The molecule has 3 rings (SSSR count). The average Bonchev–Trinajstić information content (AvgIpc) is 3.08. The molecule has 0 bridgehead atoms. The number of hydrazone groups is 1. The van der Waals surface area contributed by atoms with Crippen LogP contribution in [-0.2, 0) is 0 Å². The van der Waals surface area contributed by atoms with Gasteiger partial charge in [-0.3, -0.25) is 5.43 Å².